The summed E-state index contributed by atoms with van der Waals surface area (Å²) in [5.74, 6) is 0.342. The molecule has 0 unspecified atom stereocenters. The molecule has 19 heavy (non-hydrogen) atoms. The van der Waals surface area contributed by atoms with Gasteiger partial charge in [0, 0.05) is 18.5 Å². The summed E-state index contributed by atoms with van der Waals surface area (Å²) in [4.78, 5) is 3.94. The third kappa shape index (κ3) is 3.03. The summed E-state index contributed by atoms with van der Waals surface area (Å²) < 4.78 is 29.7. The highest BCUT2D eigenvalue weighted by Crippen LogP contribution is 2.26. The number of nitrogens with two attached hydrogens (primary N) is 1. The number of sulfone groups is 1. The Hall–Kier alpha value is -2.08. The van der Waals surface area contributed by atoms with E-state index in [0.29, 0.717) is 11.3 Å². The molecule has 0 saturated carbocycles. The van der Waals surface area contributed by atoms with Crippen molar-refractivity contribution in [3.05, 3.63) is 48.3 Å². The Morgan fingerprint density at radius 1 is 1.21 bits per heavy atom. The number of anilines is 1. The summed E-state index contributed by atoms with van der Waals surface area (Å²) in [5, 5.41) is 0. The minimum Gasteiger partial charge on any atom is -0.497 e. The van der Waals surface area contributed by atoms with Crippen molar-refractivity contribution in [1.29, 1.82) is 0 Å². The predicted molar refractivity (Wildman–Crippen MR) is 72.5 cm³/mol. The van der Waals surface area contributed by atoms with Gasteiger partial charge in [-0.05, 0) is 29.8 Å². The van der Waals surface area contributed by atoms with E-state index in [1.807, 2.05) is 0 Å². The largest absolute Gasteiger partial charge is 0.497 e. The van der Waals surface area contributed by atoms with Crippen LogP contribution in [0.2, 0.25) is 0 Å². The van der Waals surface area contributed by atoms with Gasteiger partial charge in [-0.2, -0.15) is 0 Å². The fraction of sp³-hybridized carbons (Fsp3) is 0.154. The van der Waals surface area contributed by atoms with Crippen molar-refractivity contribution in [1.82, 2.24) is 4.98 Å². The van der Waals surface area contributed by atoms with Gasteiger partial charge in [0.05, 0.1) is 23.4 Å². The number of nitrogen functional groups attached to an aromatic ring is 1. The van der Waals surface area contributed by atoms with Crippen molar-refractivity contribution in [2.75, 3.05) is 12.8 Å². The van der Waals surface area contributed by atoms with Gasteiger partial charge in [-0.1, -0.05) is 0 Å². The van der Waals surface area contributed by atoms with E-state index < -0.39 is 9.84 Å². The first kappa shape index (κ1) is 13.4. The van der Waals surface area contributed by atoms with Crippen LogP contribution >= 0.6 is 0 Å². The van der Waals surface area contributed by atoms with Crippen molar-refractivity contribution in [2.24, 2.45) is 0 Å². The molecule has 0 fully saturated rings. The number of rotatable bonds is 4. The minimum atomic E-state index is -3.51. The summed E-state index contributed by atoms with van der Waals surface area (Å²) >= 11 is 0. The van der Waals surface area contributed by atoms with Gasteiger partial charge in [0.2, 0.25) is 0 Å². The standard InChI is InChI=1S/C13H14N2O3S/c1-18-11-2-3-12(14)13(8-11)19(16,17)9-10-4-6-15-7-5-10/h2-8H,9,14H2,1H3. The SMILES string of the molecule is COc1ccc(N)c(S(=O)(=O)Cc2ccncc2)c1. The maximum atomic E-state index is 12.3. The molecule has 100 valence electrons. The van der Waals surface area contributed by atoms with Crippen molar-refractivity contribution >= 4 is 15.5 Å². The second kappa shape index (κ2) is 5.27. The Morgan fingerprint density at radius 3 is 2.53 bits per heavy atom. The molecule has 0 amide bonds. The average molecular weight is 278 g/mol. The summed E-state index contributed by atoms with van der Waals surface area (Å²) in [6, 6.07) is 7.91. The van der Waals surface area contributed by atoms with Crippen LogP contribution < -0.4 is 10.5 Å². The fourth-order valence-electron chi connectivity index (χ4n) is 1.69. The number of hydrogen-bond donors (Lipinski definition) is 1. The Balaban J connectivity index is 2.39. The third-order valence-electron chi connectivity index (χ3n) is 2.66. The number of aromatic nitrogens is 1. The molecule has 2 aromatic rings. The molecule has 6 heteroatoms. The Morgan fingerprint density at radius 2 is 1.89 bits per heavy atom. The molecule has 0 spiro atoms. The van der Waals surface area contributed by atoms with Crippen LogP contribution in [0.5, 0.6) is 5.75 Å². The topological polar surface area (TPSA) is 82.3 Å². The lowest BCUT2D eigenvalue weighted by molar-refractivity contribution is 0.413. The maximum absolute atomic E-state index is 12.3. The molecule has 0 radical (unpaired) electrons. The van der Waals surface area contributed by atoms with Gasteiger partial charge >= 0.3 is 0 Å². The normalized spacial score (nSPS) is 11.2. The number of ether oxygens (including phenoxy) is 1. The highest BCUT2D eigenvalue weighted by Gasteiger charge is 2.19. The number of benzene rings is 1. The molecule has 1 aromatic heterocycles. The highest BCUT2D eigenvalue weighted by molar-refractivity contribution is 7.90. The molecule has 0 atom stereocenters. The van der Waals surface area contributed by atoms with E-state index >= 15 is 0 Å². The lowest BCUT2D eigenvalue weighted by Gasteiger charge is -2.09. The molecular formula is C13H14N2O3S. The molecule has 2 N–H and O–H groups in total. The van der Waals surface area contributed by atoms with Gasteiger partial charge in [0.1, 0.15) is 5.75 Å². The van der Waals surface area contributed by atoms with Crippen LogP contribution in [0.25, 0.3) is 0 Å². The molecule has 0 aliphatic rings. The molecule has 0 aliphatic carbocycles. The van der Waals surface area contributed by atoms with Crippen molar-refractivity contribution in [3.8, 4) is 5.75 Å². The Kier molecular flexibility index (Phi) is 3.71. The number of hydrogen-bond acceptors (Lipinski definition) is 5. The molecule has 0 saturated heterocycles. The van der Waals surface area contributed by atoms with E-state index in [-0.39, 0.29) is 16.3 Å². The van der Waals surface area contributed by atoms with Gasteiger partial charge < -0.3 is 10.5 Å². The van der Waals surface area contributed by atoms with Gasteiger partial charge in [0.15, 0.2) is 9.84 Å². The van der Waals surface area contributed by atoms with E-state index in [1.54, 1.807) is 30.6 Å². The first-order chi connectivity index (χ1) is 9.03. The van der Waals surface area contributed by atoms with E-state index in [9.17, 15) is 8.42 Å². The van der Waals surface area contributed by atoms with Crippen molar-refractivity contribution in [2.45, 2.75) is 10.6 Å². The summed E-state index contributed by atoms with van der Waals surface area (Å²) in [5.41, 5.74) is 6.62. The molecule has 0 bridgehead atoms. The number of pyridine rings is 1. The second-order valence-corrected chi connectivity index (χ2v) is 5.98. The molecule has 0 aliphatic heterocycles. The third-order valence-corrected chi connectivity index (χ3v) is 4.40. The van der Waals surface area contributed by atoms with Crippen LogP contribution in [0.15, 0.2) is 47.6 Å². The summed E-state index contributed by atoms with van der Waals surface area (Å²) in [6.45, 7) is 0. The van der Waals surface area contributed by atoms with E-state index in [2.05, 4.69) is 4.98 Å². The first-order valence-electron chi connectivity index (χ1n) is 5.58. The monoisotopic (exact) mass is 278 g/mol. The Labute approximate surface area is 112 Å². The van der Waals surface area contributed by atoms with E-state index in [0.717, 1.165) is 0 Å². The fourth-order valence-corrected chi connectivity index (χ4v) is 3.20. The zero-order chi connectivity index (χ0) is 13.9. The lowest BCUT2D eigenvalue weighted by Crippen LogP contribution is -2.08. The minimum absolute atomic E-state index is 0.0867. The van der Waals surface area contributed by atoms with Crippen LogP contribution in [0.3, 0.4) is 0 Å². The van der Waals surface area contributed by atoms with Crippen molar-refractivity contribution in [3.63, 3.8) is 0 Å². The molecule has 1 heterocycles. The number of nitrogens with zero attached hydrogens (tertiary/aromatic N) is 1. The summed E-state index contributed by atoms with van der Waals surface area (Å²) in [7, 11) is -2.03. The van der Waals surface area contributed by atoms with Gasteiger partial charge in [0.25, 0.3) is 0 Å². The lowest BCUT2D eigenvalue weighted by atomic mass is 10.3. The summed E-state index contributed by atoms with van der Waals surface area (Å²) in [6.07, 6.45) is 3.11. The van der Waals surface area contributed by atoms with Crippen LogP contribution in [0, 0.1) is 0 Å². The average Bonchev–Trinajstić information content (AvgIpc) is 2.39. The van der Waals surface area contributed by atoms with Crippen LogP contribution in [0.4, 0.5) is 5.69 Å². The van der Waals surface area contributed by atoms with Crippen molar-refractivity contribution < 1.29 is 13.2 Å². The van der Waals surface area contributed by atoms with Crippen LogP contribution in [-0.4, -0.2) is 20.5 Å². The molecule has 2 rings (SSSR count). The van der Waals surface area contributed by atoms with Gasteiger partial charge in [-0.15, -0.1) is 0 Å². The maximum Gasteiger partial charge on any atom is 0.184 e. The predicted octanol–water partition coefficient (Wildman–Crippen LogP) is 1.65. The quantitative estimate of drug-likeness (QED) is 0.860. The second-order valence-electron chi connectivity index (χ2n) is 4.02. The number of methoxy groups -OCH3 is 1. The smallest absolute Gasteiger partial charge is 0.184 e. The zero-order valence-corrected chi connectivity index (χ0v) is 11.2. The van der Waals surface area contributed by atoms with Gasteiger partial charge in [-0.25, -0.2) is 8.42 Å². The van der Waals surface area contributed by atoms with Crippen LogP contribution in [-0.2, 0) is 15.6 Å². The Bertz CT molecular complexity index is 670. The highest BCUT2D eigenvalue weighted by atomic mass is 32.2. The molecule has 5 nitrogen and oxygen atoms in total. The molecule has 1 aromatic carbocycles. The van der Waals surface area contributed by atoms with E-state index in [1.165, 1.54) is 19.2 Å². The first-order valence-corrected chi connectivity index (χ1v) is 7.23. The van der Waals surface area contributed by atoms with Gasteiger partial charge in [-0.3, -0.25) is 4.98 Å². The van der Waals surface area contributed by atoms with Crippen LogP contribution in [0.1, 0.15) is 5.56 Å². The van der Waals surface area contributed by atoms with E-state index in [4.69, 9.17) is 10.5 Å². The molecular weight excluding hydrogens is 264 g/mol. The zero-order valence-electron chi connectivity index (χ0n) is 10.4.